The SMILES string of the molecule is O=C(NCCCn1cnc2ccccc21)c1n[nH]c2ccccc12. The van der Waals surface area contributed by atoms with E-state index in [1.807, 2.05) is 48.8 Å². The van der Waals surface area contributed by atoms with E-state index in [4.69, 9.17) is 0 Å². The molecule has 0 aliphatic rings. The van der Waals surface area contributed by atoms with E-state index in [-0.39, 0.29) is 5.91 Å². The van der Waals surface area contributed by atoms with Gasteiger partial charge in [0, 0.05) is 18.5 Å². The third kappa shape index (κ3) is 2.62. The summed E-state index contributed by atoms with van der Waals surface area (Å²) in [6, 6.07) is 15.6. The number of carbonyl (C=O) groups excluding carboxylic acids is 1. The number of aromatic amines is 1. The predicted octanol–water partition coefficient (Wildman–Crippen LogP) is 2.73. The zero-order valence-electron chi connectivity index (χ0n) is 13.1. The Labute approximate surface area is 138 Å². The van der Waals surface area contributed by atoms with Crippen molar-refractivity contribution >= 4 is 27.8 Å². The van der Waals surface area contributed by atoms with E-state index < -0.39 is 0 Å². The van der Waals surface area contributed by atoms with E-state index in [0.29, 0.717) is 12.2 Å². The van der Waals surface area contributed by atoms with Gasteiger partial charge in [0.25, 0.3) is 5.91 Å². The van der Waals surface area contributed by atoms with Crippen LogP contribution >= 0.6 is 0 Å². The van der Waals surface area contributed by atoms with Gasteiger partial charge in [0.15, 0.2) is 5.69 Å². The molecule has 4 rings (SSSR count). The summed E-state index contributed by atoms with van der Waals surface area (Å²) in [5, 5.41) is 10.8. The molecular formula is C18H17N5O. The number of hydrogen-bond acceptors (Lipinski definition) is 3. The minimum Gasteiger partial charge on any atom is -0.351 e. The van der Waals surface area contributed by atoms with Crippen LogP contribution in [-0.2, 0) is 6.54 Å². The molecule has 4 aromatic rings. The number of amides is 1. The fraction of sp³-hybridized carbons (Fsp3) is 0.167. The van der Waals surface area contributed by atoms with E-state index >= 15 is 0 Å². The van der Waals surface area contributed by atoms with E-state index in [2.05, 4.69) is 31.1 Å². The fourth-order valence-corrected chi connectivity index (χ4v) is 2.86. The molecule has 0 aliphatic carbocycles. The zero-order chi connectivity index (χ0) is 16.4. The number of carbonyl (C=O) groups is 1. The fourth-order valence-electron chi connectivity index (χ4n) is 2.86. The molecule has 0 unspecified atom stereocenters. The van der Waals surface area contributed by atoms with Gasteiger partial charge in [-0.2, -0.15) is 5.10 Å². The van der Waals surface area contributed by atoms with Crippen molar-refractivity contribution in [3.8, 4) is 0 Å². The molecule has 0 atom stereocenters. The Morgan fingerprint density at radius 3 is 2.92 bits per heavy atom. The van der Waals surface area contributed by atoms with Crippen LogP contribution in [0.15, 0.2) is 54.9 Å². The van der Waals surface area contributed by atoms with Gasteiger partial charge in [0.1, 0.15) is 0 Å². The van der Waals surface area contributed by atoms with Gasteiger partial charge in [-0.1, -0.05) is 30.3 Å². The molecule has 2 aromatic heterocycles. The Kier molecular flexibility index (Phi) is 3.70. The average Bonchev–Trinajstić information content (AvgIpc) is 3.23. The van der Waals surface area contributed by atoms with Crippen LogP contribution in [-0.4, -0.2) is 32.2 Å². The third-order valence-corrected chi connectivity index (χ3v) is 4.07. The van der Waals surface area contributed by atoms with Crippen LogP contribution < -0.4 is 5.32 Å². The highest BCUT2D eigenvalue weighted by Gasteiger charge is 2.12. The molecule has 0 saturated heterocycles. The number of nitrogens with zero attached hydrogens (tertiary/aromatic N) is 3. The lowest BCUT2D eigenvalue weighted by Gasteiger charge is -2.06. The largest absolute Gasteiger partial charge is 0.351 e. The lowest BCUT2D eigenvalue weighted by Crippen LogP contribution is -2.25. The molecule has 24 heavy (non-hydrogen) atoms. The van der Waals surface area contributed by atoms with Gasteiger partial charge in [-0.3, -0.25) is 9.89 Å². The maximum absolute atomic E-state index is 12.3. The molecular weight excluding hydrogens is 302 g/mol. The van der Waals surface area contributed by atoms with Gasteiger partial charge in [-0.15, -0.1) is 0 Å². The van der Waals surface area contributed by atoms with Crippen molar-refractivity contribution in [2.75, 3.05) is 6.54 Å². The van der Waals surface area contributed by atoms with Crippen molar-refractivity contribution < 1.29 is 4.79 Å². The van der Waals surface area contributed by atoms with Crippen LogP contribution in [0.4, 0.5) is 0 Å². The monoisotopic (exact) mass is 319 g/mol. The van der Waals surface area contributed by atoms with Crippen molar-refractivity contribution in [3.63, 3.8) is 0 Å². The number of para-hydroxylation sites is 3. The average molecular weight is 319 g/mol. The van der Waals surface area contributed by atoms with Crippen LogP contribution in [0.25, 0.3) is 21.9 Å². The zero-order valence-corrected chi connectivity index (χ0v) is 13.1. The molecule has 0 saturated carbocycles. The molecule has 0 spiro atoms. The number of rotatable bonds is 5. The third-order valence-electron chi connectivity index (χ3n) is 4.07. The Bertz CT molecular complexity index is 1000. The summed E-state index contributed by atoms with van der Waals surface area (Å²) in [7, 11) is 0. The molecule has 6 nitrogen and oxygen atoms in total. The number of H-pyrrole nitrogens is 1. The van der Waals surface area contributed by atoms with Gasteiger partial charge in [0.2, 0.25) is 0 Å². The maximum Gasteiger partial charge on any atom is 0.272 e. The molecule has 120 valence electrons. The minimum atomic E-state index is -0.150. The molecule has 2 aromatic carbocycles. The van der Waals surface area contributed by atoms with Crippen LogP contribution in [0.2, 0.25) is 0 Å². The summed E-state index contributed by atoms with van der Waals surface area (Å²) in [6.07, 6.45) is 2.67. The quantitative estimate of drug-likeness (QED) is 0.555. The highest BCUT2D eigenvalue weighted by molar-refractivity contribution is 6.04. The Morgan fingerprint density at radius 1 is 1.12 bits per heavy atom. The van der Waals surface area contributed by atoms with E-state index in [1.165, 1.54) is 0 Å². The van der Waals surface area contributed by atoms with Gasteiger partial charge < -0.3 is 9.88 Å². The number of benzene rings is 2. The number of aromatic nitrogens is 4. The number of imidazole rings is 1. The van der Waals surface area contributed by atoms with Gasteiger partial charge >= 0.3 is 0 Å². The summed E-state index contributed by atoms with van der Waals surface area (Å²) < 4.78 is 2.10. The molecule has 6 heteroatoms. The Morgan fingerprint density at radius 2 is 1.96 bits per heavy atom. The number of hydrogen-bond donors (Lipinski definition) is 2. The highest BCUT2D eigenvalue weighted by Crippen LogP contribution is 2.15. The van der Waals surface area contributed by atoms with Crippen LogP contribution in [0.5, 0.6) is 0 Å². The van der Waals surface area contributed by atoms with Gasteiger partial charge in [-0.25, -0.2) is 4.98 Å². The molecule has 0 radical (unpaired) electrons. The van der Waals surface area contributed by atoms with E-state index in [0.717, 1.165) is 34.9 Å². The van der Waals surface area contributed by atoms with Crippen molar-refractivity contribution in [2.45, 2.75) is 13.0 Å². The van der Waals surface area contributed by atoms with Crippen molar-refractivity contribution in [1.82, 2.24) is 25.1 Å². The van der Waals surface area contributed by atoms with E-state index in [1.54, 1.807) is 0 Å². The van der Waals surface area contributed by atoms with Crippen molar-refractivity contribution in [1.29, 1.82) is 0 Å². The molecule has 1 amide bonds. The molecule has 0 bridgehead atoms. The van der Waals surface area contributed by atoms with Crippen LogP contribution in [0.1, 0.15) is 16.9 Å². The predicted molar refractivity (Wildman–Crippen MR) is 92.8 cm³/mol. The lowest BCUT2D eigenvalue weighted by atomic mass is 10.2. The standard InChI is InChI=1S/C18H17N5O/c24-18(17-13-6-1-2-7-14(13)21-22-17)19-10-5-11-23-12-20-15-8-3-4-9-16(15)23/h1-4,6-9,12H,5,10-11H2,(H,19,24)(H,21,22). The molecule has 2 N–H and O–H groups in total. The first-order chi connectivity index (χ1) is 11.8. The summed E-state index contributed by atoms with van der Waals surface area (Å²) in [5.74, 6) is -0.150. The number of fused-ring (bicyclic) bond motifs is 2. The first kappa shape index (κ1) is 14.4. The van der Waals surface area contributed by atoms with Gasteiger partial charge in [0.05, 0.1) is 22.9 Å². The second-order valence-corrected chi connectivity index (χ2v) is 5.65. The Hall–Kier alpha value is -3.15. The summed E-state index contributed by atoms with van der Waals surface area (Å²) >= 11 is 0. The molecule has 0 fully saturated rings. The summed E-state index contributed by atoms with van der Waals surface area (Å²) in [4.78, 5) is 16.6. The molecule has 2 heterocycles. The van der Waals surface area contributed by atoms with Crippen LogP contribution in [0.3, 0.4) is 0 Å². The first-order valence-corrected chi connectivity index (χ1v) is 7.94. The number of nitrogens with one attached hydrogen (secondary N) is 2. The lowest BCUT2D eigenvalue weighted by molar-refractivity contribution is 0.0949. The van der Waals surface area contributed by atoms with Gasteiger partial charge in [-0.05, 0) is 24.6 Å². The normalized spacial score (nSPS) is 11.2. The summed E-state index contributed by atoms with van der Waals surface area (Å²) in [5.41, 5.74) is 3.41. The summed E-state index contributed by atoms with van der Waals surface area (Å²) in [6.45, 7) is 1.40. The second-order valence-electron chi connectivity index (χ2n) is 5.65. The van der Waals surface area contributed by atoms with E-state index in [9.17, 15) is 4.79 Å². The number of aryl methyl sites for hydroxylation is 1. The van der Waals surface area contributed by atoms with Crippen molar-refractivity contribution in [2.24, 2.45) is 0 Å². The molecule has 0 aliphatic heterocycles. The smallest absolute Gasteiger partial charge is 0.272 e. The van der Waals surface area contributed by atoms with Crippen molar-refractivity contribution in [3.05, 3.63) is 60.6 Å². The topological polar surface area (TPSA) is 75.6 Å². The highest BCUT2D eigenvalue weighted by atomic mass is 16.1. The Balaban J connectivity index is 1.36. The minimum absolute atomic E-state index is 0.150. The van der Waals surface area contributed by atoms with Crippen LogP contribution in [0, 0.1) is 0 Å². The first-order valence-electron chi connectivity index (χ1n) is 7.94. The maximum atomic E-state index is 12.3. The second kappa shape index (κ2) is 6.16.